The second-order valence-corrected chi connectivity index (χ2v) is 2.79. The van der Waals surface area contributed by atoms with Crippen molar-refractivity contribution in [2.75, 3.05) is 13.2 Å². The lowest BCUT2D eigenvalue weighted by Crippen LogP contribution is -2.09. The van der Waals surface area contributed by atoms with E-state index in [0.717, 1.165) is 0 Å². The minimum absolute atomic E-state index is 0.141. The number of carbonyl (C=O) groups excluding carboxylic acids is 2. The van der Waals surface area contributed by atoms with Crippen molar-refractivity contribution in [2.45, 2.75) is 20.8 Å². The van der Waals surface area contributed by atoms with Gasteiger partial charge in [-0.15, -0.1) is 0 Å². The van der Waals surface area contributed by atoms with E-state index in [2.05, 4.69) is 6.58 Å². The van der Waals surface area contributed by atoms with Gasteiger partial charge in [0.25, 0.3) is 0 Å². The maximum absolute atomic E-state index is 11.2. The predicted molar refractivity (Wildman–Crippen MR) is 56.2 cm³/mol. The minimum atomic E-state index is -0.527. The van der Waals surface area contributed by atoms with Crippen molar-refractivity contribution < 1.29 is 19.1 Å². The van der Waals surface area contributed by atoms with Gasteiger partial charge in [-0.2, -0.15) is 0 Å². The monoisotopic (exact) mass is 212 g/mol. The van der Waals surface area contributed by atoms with Crippen molar-refractivity contribution in [1.29, 1.82) is 0 Å². The fraction of sp³-hybridized carbons (Fsp3) is 0.455. The number of esters is 2. The zero-order valence-electron chi connectivity index (χ0n) is 9.33. The summed E-state index contributed by atoms with van der Waals surface area (Å²) in [6.07, 6.45) is 1.36. The molecular formula is C11H16O4. The molecule has 4 heteroatoms. The normalized spacial score (nSPS) is 10.7. The lowest BCUT2D eigenvalue weighted by Gasteiger charge is -2.03. The molecule has 0 atom stereocenters. The van der Waals surface area contributed by atoms with Crippen molar-refractivity contribution in [3.05, 3.63) is 23.8 Å². The molecule has 4 nitrogen and oxygen atoms in total. The van der Waals surface area contributed by atoms with Gasteiger partial charge in [0.15, 0.2) is 0 Å². The van der Waals surface area contributed by atoms with E-state index >= 15 is 0 Å². The summed E-state index contributed by atoms with van der Waals surface area (Å²) in [5, 5.41) is 0. The summed E-state index contributed by atoms with van der Waals surface area (Å²) in [7, 11) is 0. The molecule has 0 N–H and O–H groups in total. The fourth-order valence-corrected chi connectivity index (χ4v) is 0.848. The predicted octanol–water partition coefficient (Wildman–Crippen LogP) is 1.62. The summed E-state index contributed by atoms with van der Waals surface area (Å²) >= 11 is 0. The van der Waals surface area contributed by atoms with E-state index < -0.39 is 11.9 Å². The van der Waals surface area contributed by atoms with Crippen LogP contribution in [-0.2, 0) is 19.1 Å². The van der Waals surface area contributed by atoms with E-state index in [4.69, 9.17) is 9.47 Å². The van der Waals surface area contributed by atoms with Gasteiger partial charge in [0.1, 0.15) is 0 Å². The molecular weight excluding hydrogens is 196 g/mol. The van der Waals surface area contributed by atoms with E-state index in [0.29, 0.717) is 12.2 Å². The van der Waals surface area contributed by atoms with E-state index in [1.54, 1.807) is 20.8 Å². The molecule has 0 aromatic rings. The smallest absolute Gasteiger partial charge is 0.337 e. The molecule has 0 aliphatic rings. The number of ether oxygens (including phenoxy) is 2. The van der Waals surface area contributed by atoms with Gasteiger partial charge in [-0.05, 0) is 26.8 Å². The van der Waals surface area contributed by atoms with Gasteiger partial charge in [0, 0.05) is 5.57 Å². The number of carbonyl (C=O) groups is 2. The summed E-state index contributed by atoms with van der Waals surface area (Å²) in [5.41, 5.74) is 0.470. The molecule has 0 fully saturated rings. The first-order valence-corrected chi connectivity index (χ1v) is 4.74. The van der Waals surface area contributed by atoms with Gasteiger partial charge < -0.3 is 9.47 Å². The third kappa shape index (κ3) is 5.00. The molecule has 15 heavy (non-hydrogen) atoms. The first-order chi connectivity index (χ1) is 7.02. The highest BCUT2D eigenvalue weighted by Crippen LogP contribution is 2.04. The number of hydrogen-bond acceptors (Lipinski definition) is 4. The molecule has 0 radical (unpaired) electrons. The first kappa shape index (κ1) is 13.4. The van der Waals surface area contributed by atoms with Crippen LogP contribution in [0.3, 0.4) is 0 Å². The van der Waals surface area contributed by atoms with Crippen molar-refractivity contribution in [2.24, 2.45) is 0 Å². The second-order valence-electron chi connectivity index (χ2n) is 2.79. The summed E-state index contributed by atoms with van der Waals surface area (Å²) in [6, 6.07) is 0. The number of hydrogen-bond donors (Lipinski definition) is 0. The minimum Gasteiger partial charge on any atom is -0.463 e. The van der Waals surface area contributed by atoms with Crippen molar-refractivity contribution in [3.8, 4) is 0 Å². The average molecular weight is 212 g/mol. The van der Waals surface area contributed by atoms with Crippen molar-refractivity contribution in [1.82, 2.24) is 0 Å². The molecule has 0 aromatic heterocycles. The van der Waals surface area contributed by atoms with Crippen LogP contribution in [0.25, 0.3) is 0 Å². The molecule has 0 rings (SSSR count). The molecule has 0 aromatic carbocycles. The topological polar surface area (TPSA) is 52.6 Å². The highest BCUT2D eigenvalue weighted by molar-refractivity contribution is 5.95. The molecule has 0 amide bonds. The third-order valence-electron chi connectivity index (χ3n) is 1.53. The van der Waals surface area contributed by atoms with E-state index in [9.17, 15) is 9.59 Å². The zero-order valence-corrected chi connectivity index (χ0v) is 9.33. The van der Waals surface area contributed by atoms with Crippen LogP contribution < -0.4 is 0 Å². The van der Waals surface area contributed by atoms with Crippen LogP contribution in [0.15, 0.2) is 23.8 Å². The fourth-order valence-electron chi connectivity index (χ4n) is 0.848. The van der Waals surface area contributed by atoms with Crippen LogP contribution in [0.2, 0.25) is 0 Å². The third-order valence-corrected chi connectivity index (χ3v) is 1.53. The molecule has 0 spiro atoms. The Balaban J connectivity index is 4.41. The van der Waals surface area contributed by atoms with Gasteiger partial charge >= 0.3 is 11.9 Å². The standard InChI is InChI=1S/C11H16O4/c1-5-14-10(12)8(3)7-9(4)11(13)15-6-2/h7H,3,5-6H2,1-2,4H3/b9-7+. The van der Waals surface area contributed by atoms with E-state index in [-0.39, 0.29) is 12.2 Å². The van der Waals surface area contributed by atoms with Gasteiger partial charge in [-0.25, -0.2) is 9.59 Å². The summed E-state index contributed by atoms with van der Waals surface area (Å²) < 4.78 is 9.45. The Morgan fingerprint density at radius 3 is 2.07 bits per heavy atom. The summed E-state index contributed by atoms with van der Waals surface area (Å²) in [4.78, 5) is 22.3. The summed E-state index contributed by atoms with van der Waals surface area (Å²) in [5.74, 6) is -0.982. The van der Waals surface area contributed by atoms with Gasteiger partial charge in [0.05, 0.1) is 18.8 Å². The van der Waals surface area contributed by atoms with Gasteiger partial charge in [0.2, 0.25) is 0 Å². The zero-order chi connectivity index (χ0) is 11.8. The SMILES string of the molecule is C=C(/C=C(\C)C(=O)OCC)C(=O)OCC. The Bertz CT molecular complexity index is 289. The van der Waals surface area contributed by atoms with Crippen molar-refractivity contribution >= 4 is 11.9 Å². The lowest BCUT2D eigenvalue weighted by atomic mass is 10.2. The Hall–Kier alpha value is -1.58. The molecule has 0 aliphatic heterocycles. The molecule has 0 saturated heterocycles. The Morgan fingerprint density at radius 2 is 1.60 bits per heavy atom. The van der Waals surface area contributed by atoms with E-state index in [1.807, 2.05) is 0 Å². The van der Waals surface area contributed by atoms with Crippen LogP contribution >= 0.6 is 0 Å². The lowest BCUT2D eigenvalue weighted by molar-refractivity contribution is -0.138. The van der Waals surface area contributed by atoms with E-state index in [1.165, 1.54) is 6.08 Å². The Kier molecular flexibility index (Phi) is 6.09. The first-order valence-electron chi connectivity index (χ1n) is 4.74. The van der Waals surface area contributed by atoms with Crippen LogP contribution in [0, 0.1) is 0 Å². The van der Waals surface area contributed by atoms with Crippen LogP contribution in [-0.4, -0.2) is 25.2 Å². The largest absolute Gasteiger partial charge is 0.463 e. The highest BCUT2D eigenvalue weighted by atomic mass is 16.5. The molecule has 0 unspecified atom stereocenters. The Labute approximate surface area is 89.6 Å². The quantitative estimate of drug-likeness (QED) is 0.394. The van der Waals surface area contributed by atoms with Crippen LogP contribution in [0.5, 0.6) is 0 Å². The van der Waals surface area contributed by atoms with Crippen molar-refractivity contribution in [3.63, 3.8) is 0 Å². The van der Waals surface area contributed by atoms with Crippen LogP contribution in [0.1, 0.15) is 20.8 Å². The van der Waals surface area contributed by atoms with Crippen LogP contribution in [0.4, 0.5) is 0 Å². The second kappa shape index (κ2) is 6.81. The van der Waals surface area contributed by atoms with Gasteiger partial charge in [-0.3, -0.25) is 0 Å². The highest BCUT2D eigenvalue weighted by Gasteiger charge is 2.09. The molecule has 0 bridgehead atoms. The maximum atomic E-state index is 11.2. The number of rotatable bonds is 5. The molecule has 0 aliphatic carbocycles. The maximum Gasteiger partial charge on any atom is 0.337 e. The Morgan fingerprint density at radius 1 is 1.13 bits per heavy atom. The summed E-state index contributed by atoms with van der Waals surface area (Å²) in [6.45, 7) is 9.05. The molecule has 0 heterocycles. The average Bonchev–Trinajstić information content (AvgIpc) is 2.18. The van der Waals surface area contributed by atoms with Gasteiger partial charge in [-0.1, -0.05) is 6.58 Å². The molecule has 84 valence electrons. The molecule has 0 saturated carbocycles.